The number of para-hydroxylation sites is 1. The van der Waals surface area contributed by atoms with Gasteiger partial charge in [-0.05, 0) is 30.3 Å². The van der Waals surface area contributed by atoms with Gasteiger partial charge in [0.2, 0.25) is 10.0 Å². The number of aromatic hydroxyl groups is 1. The second-order valence-electron chi connectivity index (χ2n) is 4.98. The Morgan fingerprint density at radius 2 is 1.65 bits per heavy atom. The molecule has 0 aliphatic carbocycles. The first-order valence-electron chi connectivity index (χ1n) is 6.96. The molecule has 0 saturated heterocycles. The third-order valence-corrected chi connectivity index (χ3v) is 4.63. The van der Waals surface area contributed by atoms with E-state index in [1.165, 1.54) is 19.2 Å². The average molecular weight is 334 g/mol. The van der Waals surface area contributed by atoms with Crippen LogP contribution in [0.4, 0.5) is 0 Å². The summed E-state index contributed by atoms with van der Waals surface area (Å²) in [6, 6.07) is 13.2. The van der Waals surface area contributed by atoms with E-state index in [1.807, 2.05) is 0 Å². The summed E-state index contributed by atoms with van der Waals surface area (Å²) in [4.78, 5) is 12.0. The van der Waals surface area contributed by atoms with Gasteiger partial charge in [0.25, 0.3) is 5.91 Å². The maximum absolute atomic E-state index is 12.0. The molecule has 0 heterocycles. The summed E-state index contributed by atoms with van der Waals surface area (Å²) in [6.45, 7) is 0.284. The first-order valence-corrected chi connectivity index (χ1v) is 8.62. The standard InChI is InChI=1S/C16H18N2O4S/c1-17-23(21,22)11-13-8-6-12(7-9-13)10-18-16(20)14-4-2-3-5-15(14)19/h2-9,17,19H,10-11H2,1H3,(H,18,20). The molecule has 0 spiro atoms. The number of hydrogen-bond acceptors (Lipinski definition) is 4. The molecule has 0 radical (unpaired) electrons. The Bertz CT molecular complexity index is 786. The predicted molar refractivity (Wildman–Crippen MR) is 87.4 cm³/mol. The molecule has 2 rings (SSSR count). The van der Waals surface area contributed by atoms with Crippen molar-refractivity contribution in [3.05, 3.63) is 65.2 Å². The van der Waals surface area contributed by atoms with Gasteiger partial charge in [-0.25, -0.2) is 13.1 Å². The second-order valence-corrected chi connectivity index (χ2v) is 6.91. The van der Waals surface area contributed by atoms with Gasteiger partial charge in [-0.1, -0.05) is 36.4 Å². The van der Waals surface area contributed by atoms with Gasteiger partial charge in [-0.2, -0.15) is 0 Å². The fourth-order valence-corrected chi connectivity index (χ4v) is 2.76. The molecular formula is C16H18N2O4S. The Hall–Kier alpha value is -2.38. The van der Waals surface area contributed by atoms with E-state index >= 15 is 0 Å². The van der Waals surface area contributed by atoms with E-state index in [1.54, 1.807) is 36.4 Å². The molecule has 0 saturated carbocycles. The molecule has 1 amide bonds. The summed E-state index contributed by atoms with van der Waals surface area (Å²) in [7, 11) is -1.93. The molecule has 7 heteroatoms. The topological polar surface area (TPSA) is 95.5 Å². The van der Waals surface area contributed by atoms with Crippen LogP contribution >= 0.6 is 0 Å². The van der Waals surface area contributed by atoms with Crippen molar-refractivity contribution < 1.29 is 18.3 Å². The summed E-state index contributed by atoms with van der Waals surface area (Å²) in [5, 5.41) is 12.3. The van der Waals surface area contributed by atoms with Crippen molar-refractivity contribution in [1.82, 2.24) is 10.0 Å². The zero-order chi connectivity index (χ0) is 16.9. The normalized spacial score (nSPS) is 11.2. The van der Waals surface area contributed by atoms with Gasteiger partial charge >= 0.3 is 0 Å². The highest BCUT2D eigenvalue weighted by Gasteiger charge is 2.10. The van der Waals surface area contributed by atoms with Crippen molar-refractivity contribution in [2.24, 2.45) is 0 Å². The Balaban J connectivity index is 1.97. The van der Waals surface area contributed by atoms with Crippen LogP contribution in [0, 0.1) is 0 Å². The van der Waals surface area contributed by atoms with E-state index in [0.717, 1.165) is 5.56 Å². The molecule has 2 aromatic carbocycles. The maximum Gasteiger partial charge on any atom is 0.255 e. The quantitative estimate of drug-likeness (QED) is 0.743. The molecule has 6 nitrogen and oxygen atoms in total. The Morgan fingerprint density at radius 3 is 2.26 bits per heavy atom. The largest absolute Gasteiger partial charge is 0.507 e. The smallest absolute Gasteiger partial charge is 0.255 e. The summed E-state index contributed by atoms with van der Waals surface area (Å²) < 4.78 is 25.2. The Kier molecular flexibility index (Phi) is 5.36. The SMILES string of the molecule is CNS(=O)(=O)Cc1ccc(CNC(=O)c2ccccc2O)cc1. The van der Waals surface area contributed by atoms with Crippen LogP contribution < -0.4 is 10.0 Å². The average Bonchev–Trinajstić information content (AvgIpc) is 2.54. The Labute approximate surface area is 135 Å². The number of nitrogens with one attached hydrogen (secondary N) is 2. The lowest BCUT2D eigenvalue weighted by Crippen LogP contribution is -2.23. The maximum atomic E-state index is 12.0. The molecular weight excluding hydrogens is 316 g/mol. The number of rotatable bonds is 6. The van der Waals surface area contributed by atoms with Crippen molar-refractivity contribution in [2.75, 3.05) is 7.05 Å². The van der Waals surface area contributed by atoms with Gasteiger partial charge in [0, 0.05) is 6.54 Å². The van der Waals surface area contributed by atoms with Gasteiger partial charge in [0.1, 0.15) is 5.75 Å². The monoisotopic (exact) mass is 334 g/mol. The fraction of sp³-hybridized carbons (Fsp3) is 0.188. The minimum atomic E-state index is -3.30. The van der Waals surface area contributed by atoms with Gasteiger partial charge in [0.05, 0.1) is 11.3 Å². The highest BCUT2D eigenvalue weighted by molar-refractivity contribution is 7.88. The van der Waals surface area contributed by atoms with Gasteiger partial charge in [-0.15, -0.1) is 0 Å². The molecule has 0 bridgehead atoms. The number of phenolic OH excluding ortho intramolecular Hbond substituents is 1. The zero-order valence-electron chi connectivity index (χ0n) is 12.6. The second kappa shape index (κ2) is 7.26. The number of hydrogen-bond donors (Lipinski definition) is 3. The molecule has 0 aliphatic heterocycles. The molecule has 0 aromatic heterocycles. The van der Waals surface area contributed by atoms with Crippen molar-refractivity contribution in [2.45, 2.75) is 12.3 Å². The number of sulfonamides is 1. The van der Waals surface area contributed by atoms with Crippen LogP contribution in [0.2, 0.25) is 0 Å². The van der Waals surface area contributed by atoms with Crippen molar-refractivity contribution >= 4 is 15.9 Å². The number of phenols is 1. The third-order valence-electron chi connectivity index (χ3n) is 3.29. The first-order chi connectivity index (χ1) is 10.9. The lowest BCUT2D eigenvalue weighted by molar-refractivity contribution is 0.0948. The number of benzene rings is 2. The van der Waals surface area contributed by atoms with E-state index < -0.39 is 10.0 Å². The van der Waals surface area contributed by atoms with Gasteiger partial charge < -0.3 is 10.4 Å². The third kappa shape index (κ3) is 4.80. The van der Waals surface area contributed by atoms with E-state index in [-0.39, 0.29) is 29.5 Å². The summed E-state index contributed by atoms with van der Waals surface area (Å²) in [5.74, 6) is -0.531. The van der Waals surface area contributed by atoms with E-state index in [4.69, 9.17) is 0 Å². The van der Waals surface area contributed by atoms with E-state index in [0.29, 0.717) is 5.56 Å². The Morgan fingerprint density at radius 1 is 1.04 bits per heavy atom. The minimum absolute atomic E-state index is 0.0716. The van der Waals surface area contributed by atoms with Gasteiger partial charge in [0.15, 0.2) is 0 Å². The summed E-state index contributed by atoms with van der Waals surface area (Å²) >= 11 is 0. The van der Waals surface area contributed by atoms with Crippen LogP contribution in [-0.2, 0) is 22.3 Å². The van der Waals surface area contributed by atoms with Crippen LogP contribution in [0.25, 0.3) is 0 Å². The molecule has 0 unspecified atom stereocenters. The molecule has 3 N–H and O–H groups in total. The number of carbonyl (C=O) groups is 1. The highest BCUT2D eigenvalue weighted by atomic mass is 32.2. The number of amides is 1. The zero-order valence-corrected chi connectivity index (χ0v) is 13.4. The predicted octanol–water partition coefficient (Wildman–Crippen LogP) is 1.37. The van der Waals surface area contributed by atoms with Crippen LogP contribution in [0.3, 0.4) is 0 Å². The summed E-state index contributed by atoms with van der Waals surface area (Å²) in [5.41, 5.74) is 1.71. The van der Waals surface area contributed by atoms with Crippen molar-refractivity contribution in [1.29, 1.82) is 0 Å². The molecule has 23 heavy (non-hydrogen) atoms. The van der Waals surface area contributed by atoms with Crippen LogP contribution in [-0.4, -0.2) is 26.5 Å². The van der Waals surface area contributed by atoms with Crippen LogP contribution in [0.1, 0.15) is 21.5 Å². The van der Waals surface area contributed by atoms with Crippen molar-refractivity contribution in [3.63, 3.8) is 0 Å². The number of carbonyl (C=O) groups excluding carboxylic acids is 1. The fourth-order valence-electron chi connectivity index (χ4n) is 1.99. The summed E-state index contributed by atoms with van der Waals surface area (Å²) in [6.07, 6.45) is 0. The molecule has 2 aromatic rings. The molecule has 0 fully saturated rings. The minimum Gasteiger partial charge on any atom is -0.507 e. The first kappa shape index (κ1) is 17.0. The lowest BCUT2D eigenvalue weighted by Gasteiger charge is -2.08. The van der Waals surface area contributed by atoms with Crippen LogP contribution in [0.15, 0.2) is 48.5 Å². The van der Waals surface area contributed by atoms with Crippen molar-refractivity contribution in [3.8, 4) is 5.75 Å². The van der Waals surface area contributed by atoms with Gasteiger partial charge in [-0.3, -0.25) is 4.79 Å². The molecule has 122 valence electrons. The molecule has 0 aliphatic rings. The lowest BCUT2D eigenvalue weighted by atomic mass is 10.1. The van der Waals surface area contributed by atoms with E-state index in [9.17, 15) is 18.3 Å². The molecule has 0 atom stereocenters. The van der Waals surface area contributed by atoms with Crippen LogP contribution in [0.5, 0.6) is 5.75 Å². The highest BCUT2D eigenvalue weighted by Crippen LogP contribution is 2.15. The van der Waals surface area contributed by atoms with E-state index in [2.05, 4.69) is 10.0 Å².